The number of hydrogen-bond donors (Lipinski definition) is 2. The Morgan fingerprint density at radius 3 is 2.56 bits per heavy atom. The number of nitriles is 1. The van der Waals surface area contributed by atoms with Gasteiger partial charge in [-0.05, 0) is 23.6 Å². The van der Waals surface area contributed by atoms with Crippen molar-refractivity contribution in [2.75, 3.05) is 13.1 Å². The molecule has 2 N–H and O–H groups in total. The molecule has 0 amide bonds. The molecule has 0 saturated carbocycles. The van der Waals surface area contributed by atoms with E-state index in [0.29, 0.717) is 12.1 Å². The molecular weight excluding hydrogens is 224 g/mol. The molecule has 1 rings (SSSR count). The van der Waals surface area contributed by atoms with Gasteiger partial charge in [-0.3, -0.25) is 0 Å². The van der Waals surface area contributed by atoms with Crippen LogP contribution in [-0.2, 0) is 0 Å². The molecule has 3 nitrogen and oxygen atoms in total. The third-order valence-corrected chi connectivity index (χ3v) is 2.74. The van der Waals surface area contributed by atoms with Crippen molar-refractivity contribution in [1.82, 2.24) is 5.32 Å². The van der Waals surface area contributed by atoms with Gasteiger partial charge in [0, 0.05) is 13.1 Å². The Kier molecular flexibility index (Phi) is 6.13. The van der Waals surface area contributed by atoms with E-state index in [1.807, 2.05) is 38.1 Å². The Balaban J connectivity index is 2.30. The number of benzene rings is 1. The zero-order valence-corrected chi connectivity index (χ0v) is 10.9. The summed E-state index contributed by atoms with van der Waals surface area (Å²) in [5.74, 6) is 0.278. The van der Waals surface area contributed by atoms with E-state index in [0.717, 1.165) is 12.1 Å². The average Bonchev–Trinajstić information content (AvgIpc) is 2.38. The Bertz CT molecular complexity index is 415. The fourth-order valence-corrected chi connectivity index (χ4v) is 1.41. The second-order valence-corrected chi connectivity index (χ2v) is 4.61. The summed E-state index contributed by atoms with van der Waals surface area (Å²) in [7, 11) is 0. The molecule has 0 spiro atoms. The van der Waals surface area contributed by atoms with Crippen LogP contribution >= 0.6 is 0 Å². The Hall–Kier alpha value is -1.63. The fourth-order valence-electron chi connectivity index (χ4n) is 1.41. The second kappa shape index (κ2) is 7.65. The predicted molar refractivity (Wildman–Crippen MR) is 73.9 cm³/mol. The average molecular weight is 244 g/mol. The summed E-state index contributed by atoms with van der Waals surface area (Å²) in [6, 6.07) is 9.52. The van der Waals surface area contributed by atoms with E-state index in [1.165, 1.54) is 0 Å². The van der Waals surface area contributed by atoms with Crippen LogP contribution in [0.3, 0.4) is 0 Å². The van der Waals surface area contributed by atoms with Crippen LogP contribution in [0, 0.1) is 17.2 Å². The topological polar surface area (TPSA) is 56.0 Å². The molecular formula is C15H20N2O. The standard InChI is InChI=1S/C15H20N2O/c1-12(2)15(18)11-17-9-3-4-13-5-7-14(10-16)8-6-13/h3-8,12,15,17-18H,9,11H2,1-2H3/b4-3+. The molecule has 96 valence electrons. The van der Waals surface area contributed by atoms with E-state index < -0.39 is 0 Å². The maximum Gasteiger partial charge on any atom is 0.0991 e. The monoisotopic (exact) mass is 244 g/mol. The van der Waals surface area contributed by atoms with Crippen molar-refractivity contribution >= 4 is 6.08 Å². The van der Waals surface area contributed by atoms with Gasteiger partial charge in [0.15, 0.2) is 0 Å². The summed E-state index contributed by atoms with van der Waals surface area (Å²) in [6.07, 6.45) is 3.71. The lowest BCUT2D eigenvalue weighted by Crippen LogP contribution is -2.30. The molecule has 0 fully saturated rings. The van der Waals surface area contributed by atoms with Crippen LogP contribution in [-0.4, -0.2) is 24.3 Å². The second-order valence-electron chi connectivity index (χ2n) is 4.61. The van der Waals surface area contributed by atoms with Crippen molar-refractivity contribution in [1.29, 1.82) is 5.26 Å². The number of nitrogens with one attached hydrogen (secondary N) is 1. The SMILES string of the molecule is CC(C)C(O)CNC/C=C/c1ccc(C#N)cc1. The molecule has 0 aromatic heterocycles. The van der Waals surface area contributed by atoms with Crippen molar-refractivity contribution in [2.24, 2.45) is 5.92 Å². The summed E-state index contributed by atoms with van der Waals surface area (Å²) >= 11 is 0. The molecule has 1 aromatic rings. The summed E-state index contributed by atoms with van der Waals surface area (Å²) in [5.41, 5.74) is 1.74. The van der Waals surface area contributed by atoms with Crippen molar-refractivity contribution in [3.8, 4) is 6.07 Å². The Morgan fingerprint density at radius 1 is 1.33 bits per heavy atom. The molecule has 1 aromatic carbocycles. The van der Waals surface area contributed by atoms with Gasteiger partial charge in [-0.2, -0.15) is 5.26 Å². The van der Waals surface area contributed by atoms with Crippen LogP contribution in [0.15, 0.2) is 30.3 Å². The highest BCUT2D eigenvalue weighted by Gasteiger charge is 2.06. The summed E-state index contributed by atoms with van der Waals surface area (Å²) in [6.45, 7) is 5.33. The van der Waals surface area contributed by atoms with Crippen LogP contribution in [0.1, 0.15) is 25.0 Å². The normalized spacial score (nSPS) is 12.8. The Labute approximate surface area is 109 Å². The summed E-state index contributed by atoms with van der Waals surface area (Å²) in [5, 5.41) is 21.4. The van der Waals surface area contributed by atoms with Gasteiger partial charge in [-0.15, -0.1) is 0 Å². The highest BCUT2D eigenvalue weighted by atomic mass is 16.3. The molecule has 1 unspecified atom stereocenters. The molecule has 1 atom stereocenters. The molecule has 0 aliphatic rings. The first kappa shape index (κ1) is 14.4. The minimum Gasteiger partial charge on any atom is -0.392 e. The van der Waals surface area contributed by atoms with E-state index in [9.17, 15) is 5.11 Å². The number of rotatable bonds is 6. The van der Waals surface area contributed by atoms with Gasteiger partial charge >= 0.3 is 0 Å². The number of nitrogens with zero attached hydrogens (tertiary/aromatic N) is 1. The molecule has 3 heteroatoms. The number of aliphatic hydroxyl groups excluding tert-OH is 1. The minimum atomic E-state index is -0.298. The van der Waals surface area contributed by atoms with E-state index in [-0.39, 0.29) is 12.0 Å². The third kappa shape index (κ3) is 5.13. The van der Waals surface area contributed by atoms with E-state index in [2.05, 4.69) is 11.4 Å². The molecule has 0 aliphatic carbocycles. The van der Waals surface area contributed by atoms with Crippen LogP contribution < -0.4 is 5.32 Å². The molecule has 0 heterocycles. The molecule has 0 radical (unpaired) electrons. The molecule has 18 heavy (non-hydrogen) atoms. The Morgan fingerprint density at radius 2 is 2.00 bits per heavy atom. The molecule has 0 aliphatic heterocycles. The highest BCUT2D eigenvalue weighted by molar-refractivity contribution is 5.51. The molecule has 0 bridgehead atoms. The first-order valence-electron chi connectivity index (χ1n) is 6.19. The first-order valence-corrected chi connectivity index (χ1v) is 6.19. The number of aliphatic hydroxyl groups is 1. The van der Waals surface area contributed by atoms with Crippen LogP contribution in [0.4, 0.5) is 0 Å². The van der Waals surface area contributed by atoms with E-state index in [1.54, 1.807) is 12.1 Å². The van der Waals surface area contributed by atoms with Gasteiger partial charge in [0.05, 0.1) is 17.7 Å². The predicted octanol–water partition coefficient (Wildman–Crippen LogP) is 2.18. The van der Waals surface area contributed by atoms with E-state index in [4.69, 9.17) is 5.26 Å². The van der Waals surface area contributed by atoms with Gasteiger partial charge in [0.25, 0.3) is 0 Å². The highest BCUT2D eigenvalue weighted by Crippen LogP contribution is 2.04. The lowest BCUT2D eigenvalue weighted by Gasteiger charge is -2.13. The smallest absolute Gasteiger partial charge is 0.0991 e. The van der Waals surface area contributed by atoms with Crippen molar-refractivity contribution in [3.63, 3.8) is 0 Å². The van der Waals surface area contributed by atoms with Gasteiger partial charge in [-0.1, -0.05) is 38.1 Å². The maximum absolute atomic E-state index is 9.58. The number of hydrogen-bond acceptors (Lipinski definition) is 3. The van der Waals surface area contributed by atoms with Gasteiger partial charge in [0.2, 0.25) is 0 Å². The summed E-state index contributed by atoms with van der Waals surface area (Å²) in [4.78, 5) is 0. The first-order chi connectivity index (χ1) is 8.63. The van der Waals surface area contributed by atoms with Crippen molar-refractivity contribution in [3.05, 3.63) is 41.5 Å². The summed E-state index contributed by atoms with van der Waals surface area (Å²) < 4.78 is 0. The third-order valence-electron chi connectivity index (χ3n) is 2.74. The quantitative estimate of drug-likeness (QED) is 0.754. The fraction of sp³-hybridized carbons (Fsp3) is 0.400. The minimum absolute atomic E-state index is 0.278. The van der Waals surface area contributed by atoms with Gasteiger partial charge < -0.3 is 10.4 Å². The van der Waals surface area contributed by atoms with Crippen LogP contribution in [0.5, 0.6) is 0 Å². The van der Waals surface area contributed by atoms with Gasteiger partial charge in [0.1, 0.15) is 0 Å². The van der Waals surface area contributed by atoms with Gasteiger partial charge in [-0.25, -0.2) is 0 Å². The van der Waals surface area contributed by atoms with Crippen molar-refractivity contribution < 1.29 is 5.11 Å². The lowest BCUT2D eigenvalue weighted by molar-refractivity contribution is 0.125. The van der Waals surface area contributed by atoms with Crippen LogP contribution in [0.25, 0.3) is 6.08 Å². The zero-order chi connectivity index (χ0) is 13.4. The molecule has 0 saturated heterocycles. The maximum atomic E-state index is 9.58. The van der Waals surface area contributed by atoms with Crippen molar-refractivity contribution in [2.45, 2.75) is 20.0 Å². The lowest BCUT2D eigenvalue weighted by atomic mass is 10.1. The van der Waals surface area contributed by atoms with Crippen LogP contribution in [0.2, 0.25) is 0 Å². The zero-order valence-electron chi connectivity index (χ0n) is 10.9. The van der Waals surface area contributed by atoms with E-state index >= 15 is 0 Å². The largest absolute Gasteiger partial charge is 0.392 e.